The molecule has 2 heterocycles. The van der Waals surface area contributed by atoms with Gasteiger partial charge in [-0.1, -0.05) is 0 Å². The van der Waals surface area contributed by atoms with Crippen LogP contribution in [-0.4, -0.2) is 26.3 Å². The lowest BCUT2D eigenvalue weighted by Gasteiger charge is -2.08. The van der Waals surface area contributed by atoms with Crippen molar-refractivity contribution >= 4 is 5.82 Å². The van der Waals surface area contributed by atoms with E-state index >= 15 is 0 Å². The number of hydrogen-bond acceptors (Lipinski definition) is 4. The van der Waals surface area contributed by atoms with Crippen LogP contribution in [0.25, 0.3) is 0 Å². The average molecular weight is 231 g/mol. The van der Waals surface area contributed by atoms with Crippen LogP contribution in [0.5, 0.6) is 0 Å². The Morgan fingerprint density at radius 3 is 3.00 bits per heavy atom. The highest BCUT2D eigenvalue weighted by Crippen LogP contribution is 2.08. The molecule has 17 heavy (non-hydrogen) atoms. The van der Waals surface area contributed by atoms with Gasteiger partial charge in [0.15, 0.2) is 0 Å². The van der Waals surface area contributed by atoms with Crippen LogP contribution in [0.3, 0.4) is 0 Å². The predicted octanol–water partition coefficient (Wildman–Crippen LogP) is 1.79. The molecule has 5 nitrogen and oxygen atoms in total. The average Bonchev–Trinajstić information content (AvgIpc) is 2.82. The number of nitrogens with one attached hydrogen (secondary N) is 1. The molecule has 2 aromatic rings. The molecule has 0 aliphatic carbocycles. The summed E-state index contributed by atoms with van der Waals surface area (Å²) in [6.07, 6.45) is 6.56. The summed E-state index contributed by atoms with van der Waals surface area (Å²) >= 11 is 0. The molecule has 0 radical (unpaired) electrons. The Bertz CT molecular complexity index is 464. The Morgan fingerprint density at radius 1 is 1.35 bits per heavy atom. The van der Waals surface area contributed by atoms with E-state index in [9.17, 15) is 0 Å². The van der Waals surface area contributed by atoms with Crippen molar-refractivity contribution in [1.82, 2.24) is 19.7 Å². The molecule has 0 amide bonds. The van der Waals surface area contributed by atoms with E-state index < -0.39 is 0 Å². The van der Waals surface area contributed by atoms with Crippen LogP contribution in [0.1, 0.15) is 17.8 Å². The third-order valence-electron chi connectivity index (χ3n) is 2.49. The first-order chi connectivity index (χ1) is 8.25. The van der Waals surface area contributed by atoms with E-state index in [1.165, 1.54) is 0 Å². The van der Waals surface area contributed by atoms with Gasteiger partial charge < -0.3 is 5.32 Å². The minimum Gasteiger partial charge on any atom is -0.368 e. The Labute approximate surface area is 101 Å². The Morgan fingerprint density at radius 2 is 2.24 bits per heavy atom. The van der Waals surface area contributed by atoms with E-state index in [4.69, 9.17) is 0 Å². The van der Waals surface area contributed by atoms with E-state index in [0.717, 1.165) is 36.7 Å². The number of anilines is 1. The molecule has 2 aromatic heterocycles. The summed E-state index contributed by atoms with van der Waals surface area (Å²) in [7, 11) is 0. The summed E-state index contributed by atoms with van der Waals surface area (Å²) in [4.78, 5) is 8.68. The molecule has 0 fully saturated rings. The second-order valence-corrected chi connectivity index (χ2v) is 3.99. The zero-order valence-corrected chi connectivity index (χ0v) is 10.2. The molecular weight excluding hydrogens is 214 g/mol. The highest BCUT2D eigenvalue weighted by Gasteiger charge is 2.00. The zero-order valence-electron chi connectivity index (χ0n) is 10.2. The lowest BCUT2D eigenvalue weighted by Crippen LogP contribution is -2.10. The number of aryl methyl sites for hydroxylation is 3. The molecule has 0 saturated carbocycles. The van der Waals surface area contributed by atoms with Crippen molar-refractivity contribution in [2.75, 3.05) is 11.9 Å². The first-order valence-corrected chi connectivity index (χ1v) is 5.77. The maximum Gasteiger partial charge on any atom is 0.147 e. The fraction of sp³-hybridized carbons (Fsp3) is 0.417. The maximum absolute atomic E-state index is 4.41. The fourth-order valence-corrected chi connectivity index (χ4v) is 1.59. The topological polar surface area (TPSA) is 55.6 Å². The lowest BCUT2D eigenvalue weighted by atomic mass is 10.3. The molecule has 5 heteroatoms. The molecule has 0 aliphatic rings. The van der Waals surface area contributed by atoms with Crippen molar-refractivity contribution in [1.29, 1.82) is 0 Å². The Balaban J connectivity index is 1.80. The first kappa shape index (κ1) is 11.6. The van der Waals surface area contributed by atoms with Crippen LogP contribution in [0.2, 0.25) is 0 Å². The first-order valence-electron chi connectivity index (χ1n) is 5.77. The van der Waals surface area contributed by atoms with Gasteiger partial charge >= 0.3 is 0 Å². The number of rotatable bonds is 5. The Kier molecular flexibility index (Phi) is 3.69. The number of hydrogen-bond donors (Lipinski definition) is 1. The maximum atomic E-state index is 4.41. The molecule has 0 spiro atoms. The molecule has 0 aromatic carbocycles. The van der Waals surface area contributed by atoms with Crippen molar-refractivity contribution < 1.29 is 0 Å². The minimum atomic E-state index is 0.874. The predicted molar refractivity (Wildman–Crippen MR) is 66.8 cm³/mol. The number of nitrogens with zero attached hydrogens (tertiary/aromatic N) is 4. The molecular formula is C12H17N5. The van der Waals surface area contributed by atoms with Crippen molar-refractivity contribution in [2.45, 2.75) is 26.8 Å². The largest absolute Gasteiger partial charge is 0.368 e. The summed E-state index contributed by atoms with van der Waals surface area (Å²) in [6, 6.07) is 1.93. The molecule has 0 unspecified atom stereocenters. The van der Waals surface area contributed by atoms with Gasteiger partial charge in [-0.3, -0.25) is 9.67 Å². The van der Waals surface area contributed by atoms with Crippen LogP contribution < -0.4 is 5.32 Å². The van der Waals surface area contributed by atoms with Crippen molar-refractivity contribution in [3.8, 4) is 0 Å². The van der Waals surface area contributed by atoms with Crippen molar-refractivity contribution in [2.24, 2.45) is 0 Å². The van der Waals surface area contributed by atoms with E-state index in [1.807, 2.05) is 30.8 Å². The van der Waals surface area contributed by atoms with Gasteiger partial charge in [-0.25, -0.2) is 4.98 Å². The minimum absolute atomic E-state index is 0.874. The van der Waals surface area contributed by atoms with Crippen LogP contribution in [0, 0.1) is 13.8 Å². The molecule has 0 aliphatic heterocycles. The van der Waals surface area contributed by atoms with Gasteiger partial charge in [0.05, 0.1) is 11.4 Å². The molecule has 90 valence electrons. The third kappa shape index (κ3) is 3.27. The van der Waals surface area contributed by atoms with Gasteiger partial charge in [-0.05, 0) is 26.3 Å². The molecule has 1 N–H and O–H groups in total. The van der Waals surface area contributed by atoms with Gasteiger partial charge in [0.1, 0.15) is 5.82 Å². The molecule has 0 bridgehead atoms. The molecule has 0 atom stereocenters. The van der Waals surface area contributed by atoms with Gasteiger partial charge in [0.2, 0.25) is 0 Å². The lowest BCUT2D eigenvalue weighted by molar-refractivity contribution is 0.591. The summed E-state index contributed by atoms with van der Waals surface area (Å²) in [6.45, 7) is 5.70. The summed E-state index contributed by atoms with van der Waals surface area (Å²) in [5.74, 6) is 0.880. The smallest absolute Gasteiger partial charge is 0.147 e. The number of aromatic nitrogens is 4. The third-order valence-corrected chi connectivity index (χ3v) is 2.49. The van der Waals surface area contributed by atoms with Gasteiger partial charge in [-0.15, -0.1) is 0 Å². The SMILES string of the molecule is Cc1cnc(C)c(NCCCn2cccn2)n1. The molecule has 2 rings (SSSR count). The van der Waals surface area contributed by atoms with E-state index in [2.05, 4.69) is 20.4 Å². The monoisotopic (exact) mass is 231 g/mol. The van der Waals surface area contributed by atoms with Crippen molar-refractivity contribution in [3.05, 3.63) is 36.0 Å². The Hall–Kier alpha value is -1.91. The highest BCUT2D eigenvalue weighted by molar-refractivity contribution is 5.39. The summed E-state index contributed by atoms with van der Waals surface area (Å²) in [5.41, 5.74) is 1.87. The van der Waals surface area contributed by atoms with E-state index in [1.54, 1.807) is 12.4 Å². The van der Waals surface area contributed by atoms with E-state index in [0.29, 0.717) is 0 Å². The highest BCUT2D eigenvalue weighted by atomic mass is 15.3. The molecule has 0 saturated heterocycles. The van der Waals surface area contributed by atoms with Gasteiger partial charge in [-0.2, -0.15) is 5.10 Å². The summed E-state index contributed by atoms with van der Waals surface area (Å²) < 4.78 is 1.93. The van der Waals surface area contributed by atoms with Crippen molar-refractivity contribution in [3.63, 3.8) is 0 Å². The van der Waals surface area contributed by atoms with Crippen LogP contribution in [-0.2, 0) is 6.54 Å². The second kappa shape index (κ2) is 5.43. The van der Waals surface area contributed by atoms with Crippen LogP contribution in [0.15, 0.2) is 24.7 Å². The van der Waals surface area contributed by atoms with Gasteiger partial charge in [0.25, 0.3) is 0 Å². The second-order valence-electron chi connectivity index (χ2n) is 3.99. The van der Waals surface area contributed by atoms with E-state index in [-0.39, 0.29) is 0 Å². The normalized spacial score (nSPS) is 10.5. The van der Waals surface area contributed by atoms with Crippen LogP contribution in [0.4, 0.5) is 5.82 Å². The van der Waals surface area contributed by atoms with Crippen LogP contribution >= 0.6 is 0 Å². The standard InChI is InChI=1S/C12H17N5/c1-10-9-14-11(2)12(16-10)13-5-3-7-17-8-4-6-15-17/h4,6,8-9H,3,5,7H2,1-2H3,(H,13,16). The quantitative estimate of drug-likeness (QED) is 0.797. The van der Waals surface area contributed by atoms with Gasteiger partial charge in [0, 0.05) is 31.7 Å². The summed E-state index contributed by atoms with van der Waals surface area (Å²) in [5, 5.41) is 7.45. The fourth-order valence-electron chi connectivity index (χ4n) is 1.59. The zero-order chi connectivity index (χ0) is 12.1.